The number of azo groups is 1. The molecule has 0 unspecified atom stereocenters. The molecule has 12 nitrogen and oxygen atoms in total. The van der Waals surface area contributed by atoms with Crippen LogP contribution in [-0.4, -0.2) is 56.9 Å². The van der Waals surface area contributed by atoms with Crippen LogP contribution in [-0.2, 0) is 16.4 Å². The summed E-state index contributed by atoms with van der Waals surface area (Å²) in [7, 11) is -4.11. The largest absolute Gasteiger partial charge is 0.370 e. The van der Waals surface area contributed by atoms with Crippen molar-refractivity contribution in [2.75, 3.05) is 19.8 Å². The number of primary sulfonamides is 1. The van der Waals surface area contributed by atoms with E-state index in [0.717, 1.165) is 63.6 Å². The fourth-order valence-electron chi connectivity index (χ4n) is 6.49. The molecule has 9 N–H and O–H groups in total. The number of guanidine groups is 2. The molecule has 0 amide bonds. The highest BCUT2D eigenvalue weighted by Crippen LogP contribution is 2.37. The van der Waals surface area contributed by atoms with Crippen molar-refractivity contribution >= 4 is 27.8 Å². The smallest absolute Gasteiger partial charge is 0.239 e. The number of sulfonamides is 1. The van der Waals surface area contributed by atoms with Gasteiger partial charge in [0.1, 0.15) is 0 Å². The zero-order valence-electron chi connectivity index (χ0n) is 23.7. The molecule has 3 aliphatic rings. The maximum absolute atomic E-state index is 13.1. The highest BCUT2D eigenvalue weighted by molar-refractivity contribution is 7.89. The average Bonchev–Trinajstić information content (AvgIpc) is 3.51. The van der Waals surface area contributed by atoms with Crippen LogP contribution in [0, 0.1) is 11.3 Å². The Morgan fingerprint density at radius 2 is 1.67 bits per heavy atom. The first-order valence-electron chi connectivity index (χ1n) is 14.5. The van der Waals surface area contributed by atoms with Crippen molar-refractivity contribution in [3.63, 3.8) is 0 Å². The minimum Gasteiger partial charge on any atom is -0.370 e. The summed E-state index contributed by atoms with van der Waals surface area (Å²) >= 11 is 0. The lowest BCUT2D eigenvalue weighted by Crippen LogP contribution is -2.41. The lowest BCUT2D eigenvalue weighted by atomic mass is 9.82. The summed E-state index contributed by atoms with van der Waals surface area (Å²) in [5.41, 5.74) is 20.6. The van der Waals surface area contributed by atoms with E-state index < -0.39 is 10.0 Å². The summed E-state index contributed by atoms with van der Waals surface area (Å²) in [4.78, 5) is 10.7. The van der Waals surface area contributed by atoms with Gasteiger partial charge in [-0.25, -0.2) is 18.5 Å². The molecular weight excluding hydrogens is 552 g/mol. The van der Waals surface area contributed by atoms with Crippen molar-refractivity contribution in [3.05, 3.63) is 53.1 Å². The van der Waals surface area contributed by atoms with Gasteiger partial charge < -0.3 is 22.1 Å². The Balaban J connectivity index is 1.41. The van der Waals surface area contributed by atoms with Gasteiger partial charge in [-0.3, -0.25) is 10.4 Å². The summed E-state index contributed by atoms with van der Waals surface area (Å²) in [6.45, 7) is 1.67. The molecule has 0 aromatic heterocycles. The molecule has 2 fully saturated rings. The number of benzene rings is 2. The lowest BCUT2D eigenvalue weighted by Gasteiger charge is -2.32. The fourth-order valence-corrected chi connectivity index (χ4v) is 7.51. The number of aliphatic imine (C=N–C) groups is 2. The summed E-state index contributed by atoms with van der Waals surface area (Å²) < 4.78 is 26.3. The van der Waals surface area contributed by atoms with Crippen molar-refractivity contribution in [2.45, 2.75) is 68.2 Å². The normalized spacial score (nSPS) is 21.3. The third-order valence-corrected chi connectivity index (χ3v) is 9.73. The Bertz CT molecular complexity index is 1500. The first-order chi connectivity index (χ1) is 20.1. The summed E-state index contributed by atoms with van der Waals surface area (Å²) in [6.07, 6.45) is 7.04. The molecule has 1 saturated carbocycles. The predicted molar refractivity (Wildman–Crippen MR) is 165 cm³/mol. The second-order valence-corrected chi connectivity index (χ2v) is 12.9. The molecule has 0 bridgehead atoms. The van der Waals surface area contributed by atoms with Gasteiger partial charge in [-0.05, 0) is 85.5 Å². The third kappa shape index (κ3) is 6.79. The predicted octanol–water partition coefficient (Wildman–Crippen LogP) is 3.01. The number of nitrogens with zero attached hydrogens (tertiary/aromatic N) is 5. The maximum Gasteiger partial charge on any atom is 0.239 e. The van der Waals surface area contributed by atoms with Crippen LogP contribution in [0.4, 0.5) is 0 Å². The topological polar surface area (TPSA) is 215 Å². The highest BCUT2D eigenvalue weighted by Gasteiger charge is 2.29. The molecular formula is C29H40N10O2S. The summed E-state index contributed by atoms with van der Waals surface area (Å²) in [5, 5.41) is 21.7. The quantitative estimate of drug-likeness (QED) is 0.229. The molecule has 224 valence electrons. The molecule has 2 heterocycles. The first kappa shape index (κ1) is 29.6. The number of hydrogen-bond acceptors (Lipinski definition) is 7. The van der Waals surface area contributed by atoms with Crippen LogP contribution in [0.3, 0.4) is 0 Å². The third-order valence-electron chi connectivity index (χ3n) is 8.70. The Morgan fingerprint density at radius 1 is 0.976 bits per heavy atom. The van der Waals surface area contributed by atoms with Crippen molar-refractivity contribution < 1.29 is 8.42 Å². The van der Waals surface area contributed by atoms with Crippen LogP contribution in [0.2, 0.25) is 0 Å². The summed E-state index contributed by atoms with van der Waals surface area (Å²) in [5.74, 6) is 1.35. The number of rotatable bonds is 8. The minimum absolute atomic E-state index is 0.0782. The Labute approximate surface area is 246 Å². The second kappa shape index (κ2) is 12.6. The Kier molecular flexibility index (Phi) is 8.88. The molecule has 0 spiro atoms. The van der Waals surface area contributed by atoms with Gasteiger partial charge in [-0.2, -0.15) is 5.11 Å². The second-order valence-electron chi connectivity index (χ2n) is 11.4. The van der Waals surface area contributed by atoms with E-state index in [0.29, 0.717) is 34.9 Å². The van der Waals surface area contributed by atoms with E-state index in [1.807, 2.05) is 29.2 Å². The van der Waals surface area contributed by atoms with Gasteiger partial charge in [0, 0.05) is 18.7 Å². The van der Waals surface area contributed by atoms with Gasteiger partial charge >= 0.3 is 0 Å². The van der Waals surface area contributed by atoms with Crippen molar-refractivity contribution in [2.24, 2.45) is 48.5 Å². The monoisotopic (exact) mass is 592 g/mol. The first-order valence-corrected chi connectivity index (χ1v) is 16.0. The molecule has 5 rings (SSSR count). The van der Waals surface area contributed by atoms with Crippen LogP contribution in [0.25, 0.3) is 11.1 Å². The van der Waals surface area contributed by atoms with Crippen LogP contribution >= 0.6 is 0 Å². The van der Waals surface area contributed by atoms with E-state index in [1.54, 1.807) is 0 Å². The number of hydrogen-bond donors (Lipinski definition) is 5. The number of nitrogens with two attached hydrogens (primary N) is 4. The molecule has 2 aromatic carbocycles. The molecule has 1 saturated heterocycles. The van der Waals surface area contributed by atoms with Gasteiger partial charge in [-0.1, -0.05) is 36.4 Å². The number of aryl methyl sites for hydroxylation is 1. The zero-order chi connectivity index (χ0) is 29.9. The molecule has 0 radical (unpaired) electrons. The zero-order valence-corrected chi connectivity index (χ0v) is 24.6. The summed E-state index contributed by atoms with van der Waals surface area (Å²) in [6, 6.07) is 12.2. The van der Waals surface area contributed by atoms with E-state index >= 15 is 0 Å². The van der Waals surface area contributed by atoms with Crippen molar-refractivity contribution in [3.8, 4) is 11.1 Å². The molecule has 0 atom stereocenters. The SMILES string of the molecule is N=C(N)N1CCC(c2ccc(-c3ccc(CCC4CCC(N=C(N)N)CC4)c(S(N)(=O)=O)c3C3=NCN=N3)cc2)CC1. The Hall–Kier alpha value is -3.84. The number of likely N-dealkylation sites (tertiary alicyclic amines) is 1. The van der Waals surface area contributed by atoms with Crippen LogP contribution in [0.1, 0.15) is 67.6 Å². The van der Waals surface area contributed by atoms with Crippen LogP contribution < -0.4 is 22.3 Å². The fraction of sp³-hybridized carbons (Fsp3) is 0.483. The van der Waals surface area contributed by atoms with Gasteiger partial charge in [0.05, 0.1) is 10.9 Å². The molecule has 42 heavy (non-hydrogen) atoms. The van der Waals surface area contributed by atoms with Crippen molar-refractivity contribution in [1.82, 2.24) is 4.90 Å². The van der Waals surface area contributed by atoms with Crippen molar-refractivity contribution in [1.29, 1.82) is 5.41 Å². The molecule has 2 aromatic rings. The number of nitrogens with one attached hydrogen (secondary N) is 1. The van der Waals surface area contributed by atoms with E-state index in [1.165, 1.54) is 5.56 Å². The lowest BCUT2D eigenvalue weighted by molar-refractivity contribution is 0.309. The standard InChI is InChI=1S/C29H40N10O2S/c30-28(31)37-23-10-2-18(3-11-23)1-4-22-9-12-24(25(26(22)42(34,40)41)27-35-17-36-38-27)21-7-5-19(6-8-21)20-13-15-39(16-14-20)29(32)33/h5-9,12,18,20,23H,1-4,10-11,13-17H2,(H3,32,33)(H4,30,31,37)(H2,34,40,41). The van der Waals surface area contributed by atoms with Gasteiger partial charge in [0.2, 0.25) is 10.0 Å². The number of piperidine rings is 1. The number of amidine groups is 1. The van der Waals surface area contributed by atoms with Gasteiger partial charge in [-0.15, -0.1) is 5.11 Å². The molecule has 1 aliphatic carbocycles. The van der Waals surface area contributed by atoms with E-state index in [9.17, 15) is 8.42 Å². The van der Waals surface area contributed by atoms with E-state index in [2.05, 4.69) is 32.3 Å². The van der Waals surface area contributed by atoms with Crippen LogP contribution in [0.5, 0.6) is 0 Å². The van der Waals surface area contributed by atoms with Crippen LogP contribution in [0.15, 0.2) is 61.5 Å². The van der Waals surface area contributed by atoms with Gasteiger partial charge in [0.25, 0.3) is 0 Å². The highest BCUT2D eigenvalue weighted by atomic mass is 32.2. The van der Waals surface area contributed by atoms with E-state index in [4.69, 9.17) is 27.7 Å². The van der Waals surface area contributed by atoms with E-state index in [-0.39, 0.29) is 35.4 Å². The minimum atomic E-state index is -4.11. The Morgan fingerprint density at radius 3 is 2.24 bits per heavy atom. The average molecular weight is 593 g/mol. The molecule has 13 heteroatoms. The van der Waals surface area contributed by atoms with Gasteiger partial charge in [0.15, 0.2) is 24.4 Å². The molecule has 2 aliphatic heterocycles. The maximum atomic E-state index is 13.1.